The van der Waals surface area contributed by atoms with Crippen LogP contribution in [0.15, 0.2) is 41.9 Å². The van der Waals surface area contributed by atoms with Crippen LogP contribution in [-0.2, 0) is 7.05 Å². The fraction of sp³-hybridized carbons (Fsp3) is 0.100. The van der Waals surface area contributed by atoms with Crippen LogP contribution in [0, 0.1) is 0 Å². The van der Waals surface area contributed by atoms with E-state index in [9.17, 15) is 17.3 Å². The number of hydrogen-bond donors (Lipinski definition) is 0. The summed E-state index contributed by atoms with van der Waals surface area (Å²) in [6, 6.07) is 10.4. The molecule has 0 aliphatic carbocycles. The first-order valence-corrected chi connectivity index (χ1v) is 5.62. The molecular weight excluding hydrogens is 253 g/mol. The molecule has 2 aromatic heterocycles. The first kappa shape index (κ1) is 13.7. The highest BCUT2D eigenvalue weighted by atomic mass is 32.1. The van der Waals surface area contributed by atoms with Gasteiger partial charge in [0.05, 0.1) is 4.88 Å². The summed E-state index contributed by atoms with van der Waals surface area (Å²) in [6.45, 7) is 0. The molecule has 0 saturated heterocycles. The maximum absolute atomic E-state index is 9.75. The van der Waals surface area contributed by atoms with Crippen LogP contribution in [0.2, 0.25) is 0 Å². The highest BCUT2D eigenvalue weighted by Gasteiger charge is 2.20. The van der Waals surface area contributed by atoms with Gasteiger partial charge in [0.1, 0.15) is 7.05 Å². The van der Waals surface area contributed by atoms with Gasteiger partial charge in [-0.1, -0.05) is 6.07 Å². The van der Waals surface area contributed by atoms with E-state index in [1.54, 1.807) is 11.3 Å². The van der Waals surface area contributed by atoms with Crippen molar-refractivity contribution in [1.82, 2.24) is 0 Å². The van der Waals surface area contributed by atoms with Crippen LogP contribution in [0.5, 0.6) is 0 Å². The summed E-state index contributed by atoms with van der Waals surface area (Å²) in [5, 5.41) is 2.10. The van der Waals surface area contributed by atoms with Crippen LogP contribution >= 0.6 is 11.3 Å². The molecule has 0 amide bonds. The van der Waals surface area contributed by atoms with Gasteiger partial charge < -0.3 is 17.3 Å². The molecule has 0 spiro atoms. The predicted octanol–water partition coefficient (Wildman–Crippen LogP) is 3.54. The Morgan fingerprint density at radius 2 is 1.71 bits per heavy atom. The lowest BCUT2D eigenvalue weighted by molar-refractivity contribution is -0.660. The van der Waals surface area contributed by atoms with Crippen molar-refractivity contribution in [3.05, 3.63) is 41.9 Å². The van der Waals surface area contributed by atoms with Gasteiger partial charge in [0.15, 0.2) is 6.20 Å². The number of rotatable bonds is 1. The molecule has 0 saturated carbocycles. The smallest absolute Gasteiger partial charge is 0.418 e. The van der Waals surface area contributed by atoms with Crippen molar-refractivity contribution in [2.75, 3.05) is 0 Å². The summed E-state index contributed by atoms with van der Waals surface area (Å²) >= 11 is 1.77. The predicted molar refractivity (Wildman–Crippen MR) is 61.1 cm³/mol. The Hall–Kier alpha value is -1.37. The van der Waals surface area contributed by atoms with Crippen LogP contribution in [0.4, 0.5) is 17.3 Å². The van der Waals surface area contributed by atoms with Gasteiger partial charge in [-0.15, -0.1) is 11.3 Å². The van der Waals surface area contributed by atoms with Gasteiger partial charge >= 0.3 is 7.25 Å². The lowest BCUT2D eigenvalue weighted by Gasteiger charge is -1.94. The second-order valence-electron chi connectivity index (χ2n) is 3.17. The Labute approximate surface area is 100 Å². The number of hydrogen-bond acceptors (Lipinski definition) is 1. The lowest BCUT2D eigenvalue weighted by Crippen LogP contribution is -2.29. The molecule has 92 valence electrons. The molecule has 2 rings (SSSR count). The first-order valence-electron chi connectivity index (χ1n) is 4.74. The minimum absolute atomic E-state index is 1.27. The van der Waals surface area contributed by atoms with Gasteiger partial charge in [-0.2, -0.15) is 0 Å². The molecule has 0 N–H and O–H groups in total. The standard InChI is InChI=1S/C10H10NS.BF4/c1-11-7-3-2-5-9(11)10-6-4-8-12-10;2-1(3,4)5/h2-8H,1H3;/q+1;-1. The number of aryl methyl sites for hydroxylation is 1. The van der Waals surface area contributed by atoms with Gasteiger partial charge in [0.25, 0.3) is 0 Å². The summed E-state index contributed by atoms with van der Waals surface area (Å²) < 4.78 is 41.1. The molecule has 0 unspecified atom stereocenters. The van der Waals surface area contributed by atoms with E-state index >= 15 is 0 Å². The van der Waals surface area contributed by atoms with Crippen molar-refractivity contribution in [3.63, 3.8) is 0 Å². The Bertz CT molecular complexity index is 450. The normalized spacial score (nSPS) is 10.6. The van der Waals surface area contributed by atoms with E-state index in [1.807, 2.05) is 6.07 Å². The van der Waals surface area contributed by atoms with Crippen LogP contribution in [0.3, 0.4) is 0 Å². The zero-order valence-corrected chi connectivity index (χ0v) is 9.80. The van der Waals surface area contributed by atoms with E-state index in [0.29, 0.717) is 0 Å². The zero-order valence-electron chi connectivity index (χ0n) is 8.99. The average molecular weight is 263 g/mol. The third kappa shape index (κ3) is 5.49. The van der Waals surface area contributed by atoms with Gasteiger partial charge in [-0.25, -0.2) is 4.57 Å². The summed E-state index contributed by atoms with van der Waals surface area (Å²) in [6.07, 6.45) is 2.06. The van der Waals surface area contributed by atoms with E-state index in [0.717, 1.165) is 0 Å². The SMILES string of the molecule is C[n+]1ccccc1-c1cccs1.F[B-](F)(F)F. The Kier molecular flexibility index (Phi) is 4.68. The van der Waals surface area contributed by atoms with Crippen LogP contribution < -0.4 is 4.57 Å². The summed E-state index contributed by atoms with van der Waals surface area (Å²) in [5.74, 6) is 0. The molecule has 1 nitrogen and oxygen atoms in total. The average Bonchev–Trinajstić information content (AvgIpc) is 2.68. The molecular formula is C10H10BF4NS. The van der Waals surface area contributed by atoms with Crippen molar-refractivity contribution in [3.8, 4) is 10.6 Å². The minimum Gasteiger partial charge on any atom is -0.418 e. The molecule has 0 aliphatic rings. The molecule has 0 atom stereocenters. The quantitative estimate of drug-likeness (QED) is 0.421. The molecule has 0 aliphatic heterocycles. The molecule has 2 heterocycles. The third-order valence-corrected chi connectivity index (χ3v) is 2.72. The fourth-order valence-corrected chi connectivity index (χ4v) is 2.00. The molecule has 2 aromatic rings. The third-order valence-electron chi connectivity index (χ3n) is 1.83. The number of halogens is 4. The van der Waals surface area contributed by atoms with E-state index in [-0.39, 0.29) is 0 Å². The number of nitrogens with zero attached hydrogens (tertiary/aromatic N) is 1. The van der Waals surface area contributed by atoms with Crippen molar-refractivity contribution in [1.29, 1.82) is 0 Å². The highest BCUT2D eigenvalue weighted by molar-refractivity contribution is 7.13. The van der Waals surface area contributed by atoms with Crippen LogP contribution in [-0.4, -0.2) is 7.25 Å². The monoisotopic (exact) mass is 263 g/mol. The summed E-state index contributed by atoms with van der Waals surface area (Å²) in [4.78, 5) is 1.32. The van der Waals surface area contributed by atoms with E-state index in [4.69, 9.17) is 0 Å². The molecule has 0 fully saturated rings. The molecule has 0 aromatic carbocycles. The van der Waals surface area contributed by atoms with E-state index in [1.165, 1.54) is 10.6 Å². The van der Waals surface area contributed by atoms with E-state index in [2.05, 4.69) is 47.5 Å². The lowest BCUT2D eigenvalue weighted by atomic mass is 10.3. The minimum atomic E-state index is -6.00. The Balaban J connectivity index is 0.000000249. The maximum Gasteiger partial charge on any atom is 0.673 e. The fourth-order valence-electron chi connectivity index (χ4n) is 1.20. The summed E-state index contributed by atoms with van der Waals surface area (Å²) in [7, 11) is -3.94. The second-order valence-corrected chi connectivity index (χ2v) is 4.12. The number of pyridine rings is 1. The zero-order chi connectivity index (χ0) is 12.9. The highest BCUT2D eigenvalue weighted by Crippen LogP contribution is 2.20. The molecule has 0 radical (unpaired) electrons. The van der Waals surface area contributed by atoms with Crippen molar-refractivity contribution >= 4 is 18.6 Å². The number of aromatic nitrogens is 1. The first-order chi connectivity index (χ1) is 7.88. The van der Waals surface area contributed by atoms with Gasteiger partial charge in [-0.3, -0.25) is 0 Å². The van der Waals surface area contributed by atoms with Crippen molar-refractivity contribution < 1.29 is 21.8 Å². The molecule has 7 heteroatoms. The Morgan fingerprint density at radius 1 is 1.06 bits per heavy atom. The number of thiophene rings is 1. The largest absolute Gasteiger partial charge is 0.673 e. The molecule has 0 bridgehead atoms. The molecule has 17 heavy (non-hydrogen) atoms. The van der Waals surface area contributed by atoms with Gasteiger partial charge in [-0.05, 0) is 17.5 Å². The van der Waals surface area contributed by atoms with Crippen molar-refractivity contribution in [2.24, 2.45) is 7.05 Å². The maximum atomic E-state index is 9.75. The Morgan fingerprint density at radius 3 is 2.18 bits per heavy atom. The second kappa shape index (κ2) is 5.81. The van der Waals surface area contributed by atoms with Crippen molar-refractivity contribution in [2.45, 2.75) is 0 Å². The van der Waals surface area contributed by atoms with Crippen LogP contribution in [0.25, 0.3) is 10.6 Å². The summed E-state index contributed by atoms with van der Waals surface area (Å²) in [5.41, 5.74) is 1.27. The van der Waals surface area contributed by atoms with Crippen LogP contribution in [0.1, 0.15) is 0 Å². The van der Waals surface area contributed by atoms with Gasteiger partial charge in [0.2, 0.25) is 5.69 Å². The van der Waals surface area contributed by atoms with E-state index < -0.39 is 7.25 Å². The topological polar surface area (TPSA) is 3.88 Å². The van der Waals surface area contributed by atoms with Gasteiger partial charge in [0, 0.05) is 12.1 Å².